The van der Waals surface area contributed by atoms with Gasteiger partial charge in [-0.05, 0) is 76.0 Å². The molecule has 2 aromatic rings. The Bertz CT molecular complexity index is 876. The zero-order valence-electron chi connectivity index (χ0n) is 20.1. The molecule has 0 bridgehead atoms. The molecule has 0 atom stereocenters. The smallest absolute Gasteiger partial charge is 0.306 e. The fourth-order valence-electron chi connectivity index (χ4n) is 5.16. The third kappa shape index (κ3) is 6.68. The lowest BCUT2D eigenvalue weighted by molar-refractivity contribution is -0.156. The number of rotatable bonds is 7. The lowest BCUT2D eigenvalue weighted by Gasteiger charge is -2.31. The molecular weight excluding hydrogens is 398 g/mol. The van der Waals surface area contributed by atoms with Gasteiger partial charge in [-0.15, -0.1) is 0 Å². The summed E-state index contributed by atoms with van der Waals surface area (Å²) in [6.07, 6.45) is 10.0. The Morgan fingerprint density at radius 2 is 1.81 bits per heavy atom. The molecule has 0 amide bonds. The Balaban J connectivity index is 1.18. The Kier molecular flexibility index (Phi) is 7.34. The number of esters is 1. The number of ether oxygens (including phenoxy) is 1. The van der Waals surface area contributed by atoms with Crippen molar-refractivity contribution in [2.24, 2.45) is 11.8 Å². The van der Waals surface area contributed by atoms with E-state index in [1.165, 1.54) is 36.1 Å². The minimum atomic E-state index is -0.375. The molecule has 4 rings (SSSR count). The van der Waals surface area contributed by atoms with Crippen LogP contribution in [0.15, 0.2) is 36.5 Å². The Morgan fingerprint density at radius 1 is 1.09 bits per heavy atom. The lowest BCUT2D eigenvalue weighted by atomic mass is 9.79. The standard InChI is InChI=1S/C27H39N3O2/c1-27(2,3)32-26(31)17-22-11-9-21(10-12-22)13-15-29-16-14-24-19-30(28-25(24)20-29)18-23-7-5-4-6-8-23/h4-8,19,21-22H,9-18,20H2,1-3H3. The summed E-state index contributed by atoms with van der Waals surface area (Å²) in [7, 11) is 0. The number of hydrogen-bond donors (Lipinski definition) is 0. The molecule has 32 heavy (non-hydrogen) atoms. The molecule has 1 aromatic carbocycles. The molecule has 0 N–H and O–H groups in total. The third-order valence-corrected chi connectivity index (χ3v) is 6.88. The summed E-state index contributed by atoms with van der Waals surface area (Å²) in [6, 6.07) is 10.6. The Hall–Kier alpha value is -2.14. The number of nitrogens with zero attached hydrogens (tertiary/aromatic N) is 3. The molecule has 1 fully saturated rings. The highest BCUT2D eigenvalue weighted by Gasteiger charge is 2.26. The topological polar surface area (TPSA) is 47.4 Å². The van der Waals surface area contributed by atoms with Crippen molar-refractivity contribution in [3.63, 3.8) is 0 Å². The second-order valence-corrected chi connectivity index (χ2v) is 10.8. The average molecular weight is 438 g/mol. The maximum absolute atomic E-state index is 12.1. The fourth-order valence-corrected chi connectivity index (χ4v) is 5.16. The highest BCUT2D eigenvalue weighted by molar-refractivity contribution is 5.70. The van der Waals surface area contributed by atoms with Crippen molar-refractivity contribution in [2.75, 3.05) is 13.1 Å². The minimum absolute atomic E-state index is 0.0308. The van der Waals surface area contributed by atoms with Crippen LogP contribution in [-0.2, 0) is 29.0 Å². The van der Waals surface area contributed by atoms with Crippen molar-refractivity contribution in [3.05, 3.63) is 53.3 Å². The van der Waals surface area contributed by atoms with Crippen LogP contribution in [0.1, 0.15) is 76.1 Å². The van der Waals surface area contributed by atoms with Gasteiger partial charge in [0.05, 0.1) is 12.2 Å². The summed E-state index contributed by atoms with van der Waals surface area (Å²) in [5, 5.41) is 4.89. The van der Waals surface area contributed by atoms with Crippen LogP contribution in [0.25, 0.3) is 0 Å². The van der Waals surface area contributed by atoms with Crippen LogP contribution in [0.4, 0.5) is 0 Å². The molecular formula is C27H39N3O2. The Labute approximate surface area is 193 Å². The van der Waals surface area contributed by atoms with Gasteiger partial charge in [0, 0.05) is 25.7 Å². The van der Waals surface area contributed by atoms with Crippen LogP contribution in [0.2, 0.25) is 0 Å². The number of benzene rings is 1. The van der Waals surface area contributed by atoms with Crippen LogP contribution >= 0.6 is 0 Å². The molecule has 0 saturated heterocycles. The summed E-state index contributed by atoms with van der Waals surface area (Å²) in [6.45, 7) is 9.95. The number of carbonyl (C=O) groups excluding carboxylic acids is 1. The van der Waals surface area contributed by atoms with E-state index in [1.807, 2.05) is 20.8 Å². The van der Waals surface area contributed by atoms with Crippen LogP contribution in [0, 0.1) is 11.8 Å². The van der Waals surface area contributed by atoms with E-state index < -0.39 is 0 Å². The number of carbonyl (C=O) groups is 1. The van der Waals surface area contributed by atoms with Crippen molar-refractivity contribution in [1.82, 2.24) is 14.7 Å². The van der Waals surface area contributed by atoms with E-state index in [0.717, 1.165) is 51.4 Å². The normalized spacial score (nSPS) is 21.8. The summed E-state index contributed by atoms with van der Waals surface area (Å²) >= 11 is 0. The van der Waals surface area contributed by atoms with E-state index in [2.05, 4.69) is 46.1 Å². The van der Waals surface area contributed by atoms with Crippen molar-refractivity contribution >= 4 is 5.97 Å². The summed E-state index contributed by atoms with van der Waals surface area (Å²) in [4.78, 5) is 14.7. The zero-order chi connectivity index (χ0) is 22.6. The highest BCUT2D eigenvalue weighted by Crippen LogP contribution is 2.33. The molecule has 1 aromatic heterocycles. The van der Waals surface area contributed by atoms with Crippen molar-refractivity contribution in [3.8, 4) is 0 Å². The zero-order valence-corrected chi connectivity index (χ0v) is 20.1. The van der Waals surface area contributed by atoms with Gasteiger partial charge >= 0.3 is 5.97 Å². The van der Waals surface area contributed by atoms with E-state index in [-0.39, 0.29) is 11.6 Å². The van der Waals surface area contributed by atoms with Gasteiger partial charge in [0.25, 0.3) is 0 Å². The molecule has 2 aliphatic rings. The van der Waals surface area contributed by atoms with Gasteiger partial charge in [0.2, 0.25) is 0 Å². The van der Waals surface area contributed by atoms with Crippen LogP contribution < -0.4 is 0 Å². The molecule has 1 aliphatic carbocycles. The molecule has 174 valence electrons. The van der Waals surface area contributed by atoms with E-state index in [4.69, 9.17) is 9.84 Å². The summed E-state index contributed by atoms with van der Waals surface area (Å²) in [5.41, 5.74) is 3.60. The maximum atomic E-state index is 12.1. The highest BCUT2D eigenvalue weighted by atomic mass is 16.6. The van der Waals surface area contributed by atoms with Gasteiger partial charge in [-0.1, -0.05) is 43.2 Å². The van der Waals surface area contributed by atoms with Gasteiger partial charge < -0.3 is 4.74 Å². The average Bonchev–Trinajstić information content (AvgIpc) is 3.14. The SMILES string of the molecule is CC(C)(C)OC(=O)CC1CCC(CCN2CCc3cn(Cc4ccccc4)nc3C2)CC1. The second-order valence-electron chi connectivity index (χ2n) is 10.8. The third-order valence-electron chi connectivity index (χ3n) is 6.88. The predicted molar refractivity (Wildman–Crippen MR) is 127 cm³/mol. The van der Waals surface area contributed by atoms with Gasteiger partial charge in [-0.3, -0.25) is 14.4 Å². The van der Waals surface area contributed by atoms with Crippen molar-refractivity contribution in [2.45, 2.75) is 84.4 Å². The largest absolute Gasteiger partial charge is 0.460 e. The van der Waals surface area contributed by atoms with Gasteiger partial charge in [0.1, 0.15) is 5.60 Å². The number of hydrogen-bond acceptors (Lipinski definition) is 4. The van der Waals surface area contributed by atoms with Crippen LogP contribution in [-0.4, -0.2) is 39.3 Å². The first-order valence-electron chi connectivity index (χ1n) is 12.4. The minimum Gasteiger partial charge on any atom is -0.460 e. The molecule has 1 saturated carbocycles. The van der Waals surface area contributed by atoms with Gasteiger partial charge in [0.15, 0.2) is 0 Å². The van der Waals surface area contributed by atoms with E-state index in [9.17, 15) is 4.79 Å². The molecule has 0 spiro atoms. The molecule has 5 heteroatoms. The first kappa shape index (κ1) is 23.0. The molecule has 2 heterocycles. The van der Waals surface area contributed by atoms with E-state index >= 15 is 0 Å². The van der Waals surface area contributed by atoms with Crippen molar-refractivity contribution < 1.29 is 9.53 Å². The second kappa shape index (κ2) is 10.2. The van der Waals surface area contributed by atoms with Crippen LogP contribution in [0.3, 0.4) is 0 Å². The lowest BCUT2D eigenvalue weighted by Crippen LogP contribution is -2.32. The molecule has 5 nitrogen and oxygen atoms in total. The first-order valence-corrected chi connectivity index (χ1v) is 12.4. The molecule has 0 unspecified atom stereocenters. The number of fused-ring (bicyclic) bond motifs is 1. The summed E-state index contributed by atoms with van der Waals surface area (Å²) in [5.74, 6) is 1.27. The van der Waals surface area contributed by atoms with Crippen LogP contribution in [0.5, 0.6) is 0 Å². The molecule has 1 aliphatic heterocycles. The fraction of sp³-hybridized carbons (Fsp3) is 0.630. The first-order chi connectivity index (χ1) is 15.3. The maximum Gasteiger partial charge on any atom is 0.306 e. The van der Waals surface area contributed by atoms with Gasteiger partial charge in [-0.2, -0.15) is 5.10 Å². The predicted octanol–water partition coefficient (Wildman–Crippen LogP) is 5.22. The quantitative estimate of drug-likeness (QED) is 0.557. The van der Waals surface area contributed by atoms with Gasteiger partial charge in [-0.25, -0.2) is 0 Å². The summed E-state index contributed by atoms with van der Waals surface area (Å²) < 4.78 is 7.61. The van der Waals surface area contributed by atoms with E-state index in [0.29, 0.717) is 12.3 Å². The monoisotopic (exact) mass is 437 g/mol. The number of aromatic nitrogens is 2. The van der Waals surface area contributed by atoms with Crippen molar-refractivity contribution in [1.29, 1.82) is 0 Å². The Morgan fingerprint density at radius 3 is 2.53 bits per heavy atom. The van der Waals surface area contributed by atoms with E-state index in [1.54, 1.807) is 0 Å². The molecule has 0 radical (unpaired) electrons.